The van der Waals surface area contributed by atoms with Crippen LogP contribution in [0.5, 0.6) is 0 Å². The van der Waals surface area contributed by atoms with Gasteiger partial charge in [0.05, 0.1) is 12.5 Å². The minimum Gasteiger partial charge on any atom is -0.480 e. The van der Waals surface area contributed by atoms with Crippen LogP contribution in [0.1, 0.15) is 12.0 Å². The first-order chi connectivity index (χ1) is 9.56. The summed E-state index contributed by atoms with van der Waals surface area (Å²) < 4.78 is 6.19. The van der Waals surface area contributed by atoms with Gasteiger partial charge in [0.1, 0.15) is 6.04 Å². The van der Waals surface area contributed by atoms with Crippen LogP contribution in [0.2, 0.25) is 0 Å². The van der Waals surface area contributed by atoms with Crippen LogP contribution in [0.15, 0.2) is 24.3 Å². The van der Waals surface area contributed by atoms with E-state index >= 15 is 0 Å². The van der Waals surface area contributed by atoms with Crippen LogP contribution < -0.4 is 5.32 Å². The van der Waals surface area contributed by atoms with Gasteiger partial charge in [-0.3, -0.25) is 4.79 Å². The number of aliphatic carboxylic acids is 1. The third-order valence-electron chi connectivity index (χ3n) is 3.24. The zero-order valence-corrected chi connectivity index (χ0v) is 13.0. The number of hydrogen-bond donors (Lipinski definition) is 2. The lowest BCUT2D eigenvalue weighted by atomic mass is 10.0. The summed E-state index contributed by atoms with van der Waals surface area (Å²) in [5.41, 5.74) is 0.896. The Hall–Kier alpha value is -1.15. The van der Waals surface area contributed by atoms with Crippen molar-refractivity contribution in [2.24, 2.45) is 5.92 Å². The molecule has 1 heterocycles. The molecule has 0 bridgehead atoms. The molecule has 1 aliphatic rings. The molecule has 2 rings (SSSR count). The molecule has 5 nitrogen and oxygen atoms in total. The van der Waals surface area contributed by atoms with Crippen molar-refractivity contribution in [2.45, 2.75) is 18.9 Å². The van der Waals surface area contributed by atoms with Crippen molar-refractivity contribution in [1.82, 2.24) is 5.32 Å². The van der Waals surface area contributed by atoms with Gasteiger partial charge in [0.15, 0.2) is 0 Å². The molecule has 108 valence electrons. The molecule has 0 aromatic heterocycles. The molecular weight excluding hydrogens is 373 g/mol. The molecule has 1 aromatic rings. The van der Waals surface area contributed by atoms with E-state index < -0.39 is 12.0 Å². The summed E-state index contributed by atoms with van der Waals surface area (Å²) in [6.45, 7) is 0.939. The van der Waals surface area contributed by atoms with Gasteiger partial charge in [0.25, 0.3) is 0 Å². The third-order valence-corrected chi connectivity index (χ3v) is 3.91. The molecule has 0 spiro atoms. The van der Waals surface area contributed by atoms with E-state index in [1.54, 1.807) is 0 Å². The maximum Gasteiger partial charge on any atom is 0.326 e. The second-order valence-corrected chi connectivity index (χ2v) is 6.04. The minimum absolute atomic E-state index is 0.229. The predicted octanol–water partition coefficient (Wildman–Crippen LogP) is 1.44. The fourth-order valence-electron chi connectivity index (χ4n) is 2.13. The van der Waals surface area contributed by atoms with Crippen molar-refractivity contribution in [3.63, 3.8) is 0 Å². The number of carbonyl (C=O) groups is 2. The largest absolute Gasteiger partial charge is 0.480 e. The zero-order valence-electron chi connectivity index (χ0n) is 10.8. The van der Waals surface area contributed by atoms with E-state index in [1.807, 2.05) is 24.3 Å². The highest BCUT2D eigenvalue weighted by Crippen LogP contribution is 2.14. The molecule has 1 aromatic carbocycles. The minimum atomic E-state index is -1.02. The molecule has 2 atom stereocenters. The number of hydrogen-bond acceptors (Lipinski definition) is 3. The summed E-state index contributed by atoms with van der Waals surface area (Å²) >= 11 is 2.17. The van der Waals surface area contributed by atoms with Crippen LogP contribution in [0, 0.1) is 9.49 Å². The standard InChI is InChI=1S/C14H16INO4/c15-11-3-1-2-9(6-11)7-12(14(18)19)16-13(17)10-4-5-20-8-10/h1-3,6,10,12H,4-5,7-8H2,(H,16,17)(H,18,19)/t10-,12+/m0/s1. The smallest absolute Gasteiger partial charge is 0.326 e. The molecule has 20 heavy (non-hydrogen) atoms. The second-order valence-electron chi connectivity index (χ2n) is 4.79. The first-order valence-corrected chi connectivity index (χ1v) is 7.49. The van der Waals surface area contributed by atoms with Gasteiger partial charge in [-0.15, -0.1) is 0 Å². The number of carboxylic acids is 1. The normalized spacial score (nSPS) is 19.6. The van der Waals surface area contributed by atoms with Gasteiger partial charge in [0, 0.05) is 16.6 Å². The van der Waals surface area contributed by atoms with Gasteiger partial charge >= 0.3 is 5.97 Å². The maximum atomic E-state index is 12.0. The molecule has 1 amide bonds. The first-order valence-electron chi connectivity index (χ1n) is 6.41. The first kappa shape index (κ1) is 15.2. The highest BCUT2D eigenvalue weighted by Gasteiger charge is 2.28. The molecule has 0 radical (unpaired) electrons. The average molecular weight is 389 g/mol. The van der Waals surface area contributed by atoms with Crippen LogP contribution >= 0.6 is 22.6 Å². The van der Waals surface area contributed by atoms with Crippen LogP contribution in [0.4, 0.5) is 0 Å². The summed E-state index contributed by atoms with van der Waals surface area (Å²) in [6, 6.07) is 6.70. The number of nitrogens with one attached hydrogen (secondary N) is 1. The average Bonchev–Trinajstić information content (AvgIpc) is 2.91. The van der Waals surface area contributed by atoms with E-state index in [2.05, 4.69) is 27.9 Å². The quantitative estimate of drug-likeness (QED) is 0.748. The number of carboxylic acid groups (broad SMARTS) is 1. The van der Waals surface area contributed by atoms with E-state index in [0.29, 0.717) is 19.6 Å². The van der Waals surface area contributed by atoms with Crippen molar-refractivity contribution in [3.8, 4) is 0 Å². The lowest BCUT2D eigenvalue weighted by molar-refractivity contribution is -0.142. The van der Waals surface area contributed by atoms with Crippen LogP contribution in [-0.4, -0.2) is 36.2 Å². The van der Waals surface area contributed by atoms with Gasteiger partial charge in [-0.2, -0.15) is 0 Å². The van der Waals surface area contributed by atoms with E-state index in [1.165, 1.54) is 0 Å². The molecule has 2 N–H and O–H groups in total. The SMILES string of the molecule is O=C(N[C@H](Cc1cccc(I)c1)C(=O)O)[C@H]1CCOC1. The van der Waals surface area contributed by atoms with Gasteiger partial charge in [-0.25, -0.2) is 4.79 Å². The highest BCUT2D eigenvalue weighted by molar-refractivity contribution is 14.1. The van der Waals surface area contributed by atoms with E-state index in [0.717, 1.165) is 9.13 Å². The summed E-state index contributed by atoms with van der Waals surface area (Å²) in [6.07, 6.45) is 0.937. The Bertz CT molecular complexity index is 500. The Balaban J connectivity index is 2.00. The second kappa shape index (κ2) is 7.03. The summed E-state index contributed by atoms with van der Waals surface area (Å²) in [7, 11) is 0. The Morgan fingerprint density at radius 2 is 2.30 bits per heavy atom. The van der Waals surface area contributed by atoms with E-state index in [-0.39, 0.29) is 18.2 Å². The summed E-state index contributed by atoms with van der Waals surface area (Å²) in [5, 5.41) is 11.9. The topological polar surface area (TPSA) is 75.6 Å². The molecule has 1 fully saturated rings. The van der Waals surface area contributed by atoms with Gasteiger partial charge in [-0.1, -0.05) is 12.1 Å². The number of amides is 1. The van der Waals surface area contributed by atoms with Crippen LogP contribution in [0.3, 0.4) is 0 Å². The molecule has 6 heteroatoms. The van der Waals surface area contributed by atoms with Crippen molar-refractivity contribution >= 4 is 34.5 Å². The van der Waals surface area contributed by atoms with Crippen molar-refractivity contribution in [3.05, 3.63) is 33.4 Å². The Kier molecular flexibility index (Phi) is 5.36. The van der Waals surface area contributed by atoms with Crippen molar-refractivity contribution < 1.29 is 19.4 Å². The van der Waals surface area contributed by atoms with Crippen molar-refractivity contribution in [1.29, 1.82) is 0 Å². The molecule has 0 aliphatic carbocycles. The number of halogens is 1. The maximum absolute atomic E-state index is 12.0. The summed E-state index contributed by atoms with van der Waals surface area (Å²) in [4.78, 5) is 23.3. The Morgan fingerprint density at radius 1 is 1.50 bits per heavy atom. The van der Waals surface area contributed by atoms with Gasteiger partial charge < -0.3 is 15.2 Å². The van der Waals surface area contributed by atoms with Crippen LogP contribution in [0.25, 0.3) is 0 Å². The fourth-order valence-corrected chi connectivity index (χ4v) is 2.74. The van der Waals surface area contributed by atoms with Crippen molar-refractivity contribution in [2.75, 3.05) is 13.2 Å². The van der Waals surface area contributed by atoms with E-state index in [4.69, 9.17) is 4.74 Å². The lowest BCUT2D eigenvalue weighted by Gasteiger charge is -2.17. The molecule has 1 saturated heterocycles. The molecular formula is C14H16INO4. The monoisotopic (exact) mass is 389 g/mol. The van der Waals surface area contributed by atoms with E-state index in [9.17, 15) is 14.7 Å². The molecule has 0 saturated carbocycles. The number of carbonyl (C=O) groups excluding carboxylic acids is 1. The Morgan fingerprint density at radius 3 is 2.90 bits per heavy atom. The van der Waals surface area contributed by atoms with Gasteiger partial charge in [0.2, 0.25) is 5.91 Å². The lowest BCUT2D eigenvalue weighted by Crippen LogP contribution is -2.45. The highest BCUT2D eigenvalue weighted by atomic mass is 127. The summed E-state index contributed by atoms with van der Waals surface area (Å²) in [5.74, 6) is -1.48. The molecule has 1 aliphatic heterocycles. The third kappa shape index (κ3) is 4.17. The molecule has 0 unspecified atom stereocenters. The zero-order chi connectivity index (χ0) is 14.5. The van der Waals surface area contributed by atoms with Crippen LogP contribution in [-0.2, 0) is 20.7 Å². The predicted molar refractivity (Wildman–Crippen MR) is 81.4 cm³/mol. The number of rotatable bonds is 5. The Labute approximate surface area is 130 Å². The number of ether oxygens (including phenoxy) is 1. The fraction of sp³-hybridized carbons (Fsp3) is 0.429. The number of benzene rings is 1. The van der Waals surface area contributed by atoms with Gasteiger partial charge in [-0.05, 0) is 46.7 Å².